The van der Waals surface area contributed by atoms with Crippen LogP contribution in [0.5, 0.6) is 0 Å². The van der Waals surface area contributed by atoms with Gasteiger partial charge in [-0.15, -0.1) is 0 Å². The summed E-state index contributed by atoms with van der Waals surface area (Å²) in [5.74, 6) is 0.0769. The average molecular weight is 271 g/mol. The molecule has 15 heavy (non-hydrogen) atoms. The molecule has 0 aliphatic heterocycles. The maximum Gasteiger partial charge on any atom is 0.338 e. The fourth-order valence-corrected chi connectivity index (χ4v) is 1.22. The Morgan fingerprint density at radius 1 is 1.20 bits per heavy atom. The van der Waals surface area contributed by atoms with E-state index in [1.807, 2.05) is 32.9 Å². The minimum atomic E-state index is -0.260. The number of halogens is 1. The lowest BCUT2D eigenvalue weighted by atomic mass is 10.1. The topological polar surface area (TPSA) is 26.3 Å². The molecule has 0 heterocycles. The summed E-state index contributed by atoms with van der Waals surface area (Å²) in [4.78, 5) is 11.6. The molecular formula is C12H15BrO2. The second-order valence-corrected chi connectivity index (χ2v) is 4.78. The summed E-state index contributed by atoms with van der Waals surface area (Å²) in [6.45, 7) is 5.96. The first-order valence-corrected chi connectivity index (χ1v) is 5.76. The highest BCUT2D eigenvalue weighted by atomic mass is 79.9. The molecule has 0 aromatic heterocycles. The molecule has 1 unspecified atom stereocenters. The van der Waals surface area contributed by atoms with E-state index in [1.165, 1.54) is 0 Å². The number of carbonyl (C=O) groups is 1. The van der Waals surface area contributed by atoms with E-state index in [4.69, 9.17) is 4.74 Å². The highest BCUT2D eigenvalue weighted by Crippen LogP contribution is 2.13. The van der Waals surface area contributed by atoms with Gasteiger partial charge >= 0.3 is 5.97 Å². The number of hydrogen-bond acceptors (Lipinski definition) is 2. The second-order valence-electron chi connectivity index (χ2n) is 3.86. The molecule has 0 bridgehead atoms. The zero-order valence-corrected chi connectivity index (χ0v) is 10.7. The van der Waals surface area contributed by atoms with Gasteiger partial charge in [-0.25, -0.2) is 4.79 Å². The molecule has 0 aliphatic rings. The van der Waals surface area contributed by atoms with Crippen LogP contribution in [0.4, 0.5) is 0 Å². The quantitative estimate of drug-likeness (QED) is 0.784. The number of ether oxygens (including phenoxy) is 1. The molecule has 0 spiro atoms. The zero-order valence-electron chi connectivity index (χ0n) is 9.16. The van der Waals surface area contributed by atoms with E-state index in [0.717, 1.165) is 4.47 Å². The highest BCUT2D eigenvalue weighted by Gasteiger charge is 2.14. The van der Waals surface area contributed by atoms with Gasteiger partial charge in [-0.3, -0.25) is 0 Å². The Morgan fingerprint density at radius 2 is 1.73 bits per heavy atom. The van der Waals surface area contributed by atoms with Crippen LogP contribution in [0.2, 0.25) is 0 Å². The molecule has 0 radical (unpaired) electrons. The van der Waals surface area contributed by atoms with Gasteiger partial charge in [-0.05, 0) is 37.1 Å². The Labute approximate surface area is 98.8 Å². The smallest absolute Gasteiger partial charge is 0.338 e. The van der Waals surface area contributed by atoms with E-state index >= 15 is 0 Å². The molecule has 0 aliphatic carbocycles. The molecule has 1 rings (SSSR count). The van der Waals surface area contributed by atoms with Gasteiger partial charge < -0.3 is 4.74 Å². The lowest BCUT2D eigenvalue weighted by molar-refractivity contribution is 0.0238. The Morgan fingerprint density at radius 3 is 2.20 bits per heavy atom. The zero-order chi connectivity index (χ0) is 11.4. The van der Waals surface area contributed by atoms with Crippen LogP contribution in [-0.4, -0.2) is 12.1 Å². The Bertz CT molecular complexity index is 330. The van der Waals surface area contributed by atoms with Crippen molar-refractivity contribution in [1.82, 2.24) is 0 Å². The SMILES string of the molecule is CC(C)C(C)OC(=O)c1ccc(Br)cc1. The molecule has 0 N–H and O–H groups in total. The van der Waals surface area contributed by atoms with Crippen LogP contribution in [0.15, 0.2) is 28.7 Å². The largest absolute Gasteiger partial charge is 0.459 e. The lowest BCUT2D eigenvalue weighted by Crippen LogP contribution is -2.20. The Hall–Kier alpha value is -0.830. The van der Waals surface area contributed by atoms with Crippen LogP contribution in [0, 0.1) is 5.92 Å². The van der Waals surface area contributed by atoms with E-state index < -0.39 is 0 Å². The van der Waals surface area contributed by atoms with Gasteiger partial charge in [0.25, 0.3) is 0 Å². The number of hydrogen-bond donors (Lipinski definition) is 0. The van der Waals surface area contributed by atoms with Crippen LogP contribution in [0.1, 0.15) is 31.1 Å². The summed E-state index contributed by atoms with van der Waals surface area (Å²) in [5.41, 5.74) is 0.589. The average Bonchev–Trinajstić information content (AvgIpc) is 2.18. The number of rotatable bonds is 3. The summed E-state index contributed by atoms with van der Waals surface area (Å²) >= 11 is 3.32. The number of carbonyl (C=O) groups excluding carboxylic acids is 1. The van der Waals surface area contributed by atoms with Crippen molar-refractivity contribution < 1.29 is 9.53 Å². The minimum absolute atomic E-state index is 0.0545. The number of esters is 1. The summed E-state index contributed by atoms with van der Waals surface area (Å²) in [7, 11) is 0. The first-order valence-electron chi connectivity index (χ1n) is 4.97. The van der Waals surface area contributed by atoms with Gasteiger partial charge in [0.2, 0.25) is 0 Å². The first-order chi connectivity index (χ1) is 7.00. The molecular weight excluding hydrogens is 256 g/mol. The third-order valence-corrected chi connectivity index (χ3v) is 2.84. The van der Waals surface area contributed by atoms with Crippen LogP contribution in [-0.2, 0) is 4.74 Å². The van der Waals surface area contributed by atoms with Crippen LogP contribution in [0.25, 0.3) is 0 Å². The summed E-state index contributed by atoms with van der Waals surface area (Å²) in [6.07, 6.45) is -0.0545. The normalized spacial score (nSPS) is 12.6. The summed E-state index contributed by atoms with van der Waals surface area (Å²) < 4.78 is 6.24. The van der Waals surface area contributed by atoms with Crippen molar-refractivity contribution in [1.29, 1.82) is 0 Å². The minimum Gasteiger partial charge on any atom is -0.459 e. The van der Waals surface area contributed by atoms with Crippen molar-refractivity contribution in [3.05, 3.63) is 34.3 Å². The van der Waals surface area contributed by atoms with E-state index in [0.29, 0.717) is 11.5 Å². The molecule has 0 fully saturated rings. The van der Waals surface area contributed by atoms with Gasteiger partial charge in [0, 0.05) is 4.47 Å². The molecule has 0 saturated carbocycles. The molecule has 82 valence electrons. The maximum absolute atomic E-state index is 11.6. The molecule has 1 aromatic rings. The van der Waals surface area contributed by atoms with Gasteiger partial charge in [0.1, 0.15) is 6.10 Å². The van der Waals surface area contributed by atoms with E-state index in [1.54, 1.807) is 12.1 Å². The Balaban J connectivity index is 2.65. The third kappa shape index (κ3) is 3.67. The van der Waals surface area contributed by atoms with Gasteiger partial charge in [-0.1, -0.05) is 29.8 Å². The number of benzene rings is 1. The van der Waals surface area contributed by atoms with Crippen LogP contribution < -0.4 is 0 Å². The third-order valence-electron chi connectivity index (χ3n) is 2.31. The molecule has 1 atom stereocenters. The van der Waals surface area contributed by atoms with Crippen molar-refractivity contribution >= 4 is 21.9 Å². The molecule has 0 amide bonds. The van der Waals surface area contributed by atoms with Crippen molar-refractivity contribution in [2.24, 2.45) is 5.92 Å². The van der Waals surface area contributed by atoms with Crippen LogP contribution >= 0.6 is 15.9 Å². The monoisotopic (exact) mass is 270 g/mol. The molecule has 3 heteroatoms. The predicted molar refractivity (Wildman–Crippen MR) is 63.9 cm³/mol. The first kappa shape index (κ1) is 12.2. The fourth-order valence-electron chi connectivity index (χ4n) is 0.959. The van der Waals surface area contributed by atoms with Gasteiger partial charge in [0.15, 0.2) is 0 Å². The van der Waals surface area contributed by atoms with E-state index in [2.05, 4.69) is 15.9 Å². The van der Waals surface area contributed by atoms with Gasteiger partial charge in [0.05, 0.1) is 5.56 Å². The fraction of sp³-hybridized carbons (Fsp3) is 0.417. The van der Waals surface area contributed by atoms with E-state index in [9.17, 15) is 4.79 Å². The van der Waals surface area contributed by atoms with Crippen molar-refractivity contribution in [3.8, 4) is 0 Å². The predicted octanol–water partition coefficient (Wildman–Crippen LogP) is 3.65. The summed E-state index contributed by atoms with van der Waals surface area (Å²) in [5, 5.41) is 0. The summed E-state index contributed by atoms with van der Waals surface area (Å²) in [6, 6.07) is 7.16. The van der Waals surface area contributed by atoms with E-state index in [-0.39, 0.29) is 12.1 Å². The van der Waals surface area contributed by atoms with Crippen molar-refractivity contribution in [2.75, 3.05) is 0 Å². The van der Waals surface area contributed by atoms with Gasteiger partial charge in [-0.2, -0.15) is 0 Å². The molecule has 1 aromatic carbocycles. The van der Waals surface area contributed by atoms with Crippen molar-refractivity contribution in [2.45, 2.75) is 26.9 Å². The standard InChI is InChI=1S/C12H15BrO2/c1-8(2)9(3)15-12(14)10-4-6-11(13)7-5-10/h4-9H,1-3H3. The highest BCUT2D eigenvalue weighted by molar-refractivity contribution is 9.10. The van der Waals surface area contributed by atoms with Crippen molar-refractivity contribution in [3.63, 3.8) is 0 Å². The van der Waals surface area contributed by atoms with Crippen LogP contribution in [0.3, 0.4) is 0 Å². The molecule has 2 nitrogen and oxygen atoms in total. The Kier molecular flexibility index (Phi) is 4.33. The lowest BCUT2D eigenvalue weighted by Gasteiger charge is -2.16. The maximum atomic E-state index is 11.6. The molecule has 0 saturated heterocycles. The second kappa shape index (κ2) is 5.31.